The van der Waals surface area contributed by atoms with Crippen LogP contribution in [0.1, 0.15) is 20.8 Å². The third-order valence-corrected chi connectivity index (χ3v) is 5.04. The molecule has 1 amide bonds. The number of H-pyrrole nitrogens is 1. The molecule has 3 rings (SSSR count). The van der Waals surface area contributed by atoms with E-state index in [0.29, 0.717) is 18.0 Å². The number of benzene rings is 1. The molecule has 0 unspecified atom stereocenters. The van der Waals surface area contributed by atoms with E-state index in [-0.39, 0.29) is 11.4 Å². The van der Waals surface area contributed by atoms with E-state index in [2.05, 4.69) is 25.2 Å². The predicted molar refractivity (Wildman–Crippen MR) is 115 cm³/mol. The molecule has 8 nitrogen and oxygen atoms in total. The van der Waals surface area contributed by atoms with Gasteiger partial charge in [-0.25, -0.2) is 4.68 Å². The first-order chi connectivity index (χ1) is 13.7. The highest BCUT2D eigenvalue weighted by Gasteiger charge is 2.21. The van der Waals surface area contributed by atoms with Crippen LogP contribution in [0.4, 0.5) is 0 Å². The molecule has 0 saturated carbocycles. The summed E-state index contributed by atoms with van der Waals surface area (Å²) in [7, 11) is 1.65. The summed E-state index contributed by atoms with van der Waals surface area (Å²) in [6.07, 6.45) is 0. The van der Waals surface area contributed by atoms with Crippen molar-refractivity contribution in [2.45, 2.75) is 33.0 Å². The average molecular weight is 419 g/mol. The van der Waals surface area contributed by atoms with Crippen molar-refractivity contribution in [3.05, 3.63) is 29.0 Å². The van der Waals surface area contributed by atoms with Gasteiger partial charge in [-0.05, 0) is 57.3 Å². The Morgan fingerprint density at radius 3 is 2.38 bits per heavy atom. The van der Waals surface area contributed by atoms with Gasteiger partial charge >= 0.3 is 0 Å². The number of nitrogens with one attached hydrogen (secondary N) is 2. The minimum Gasteiger partial charge on any atom is -0.497 e. The van der Waals surface area contributed by atoms with Gasteiger partial charge in [0.1, 0.15) is 5.75 Å². The number of aromatic nitrogens is 3. The topological polar surface area (TPSA) is 78.4 Å². The van der Waals surface area contributed by atoms with Gasteiger partial charge in [-0.15, -0.1) is 0 Å². The van der Waals surface area contributed by atoms with Crippen molar-refractivity contribution in [1.29, 1.82) is 0 Å². The summed E-state index contributed by atoms with van der Waals surface area (Å²) in [6.45, 7) is 10.5. The molecule has 158 valence electrons. The number of nitrogens with zero attached hydrogens (tertiary/aromatic N) is 4. The van der Waals surface area contributed by atoms with Crippen molar-refractivity contribution < 1.29 is 9.53 Å². The second kappa shape index (κ2) is 9.06. The Kier molecular flexibility index (Phi) is 6.71. The Hall–Kier alpha value is -2.23. The van der Waals surface area contributed by atoms with Crippen LogP contribution in [0.25, 0.3) is 11.4 Å². The largest absolute Gasteiger partial charge is 0.497 e. The van der Waals surface area contributed by atoms with Gasteiger partial charge < -0.3 is 10.1 Å². The van der Waals surface area contributed by atoms with Crippen molar-refractivity contribution in [1.82, 2.24) is 29.9 Å². The number of carbonyl (C=O) groups excluding carboxylic acids is 1. The number of amides is 1. The fourth-order valence-corrected chi connectivity index (χ4v) is 3.47. The third-order valence-electron chi connectivity index (χ3n) is 4.73. The summed E-state index contributed by atoms with van der Waals surface area (Å²) in [5, 5.41) is 6.31. The van der Waals surface area contributed by atoms with Crippen LogP contribution in [0.2, 0.25) is 0 Å². The van der Waals surface area contributed by atoms with Crippen LogP contribution in [0.5, 0.6) is 5.75 Å². The minimum absolute atomic E-state index is 0.0749. The molecule has 1 aromatic heterocycles. The summed E-state index contributed by atoms with van der Waals surface area (Å²) < 4.78 is 7.61. The molecule has 2 heterocycles. The molecule has 1 aromatic carbocycles. The molecule has 0 spiro atoms. The predicted octanol–water partition coefficient (Wildman–Crippen LogP) is 2.11. The summed E-state index contributed by atoms with van der Waals surface area (Å²) >= 11 is 5.43. The average Bonchev–Trinajstić information content (AvgIpc) is 3.02. The van der Waals surface area contributed by atoms with E-state index in [1.54, 1.807) is 7.11 Å². The summed E-state index contributed by atoms with van der Waals surface area (Å²) in [6, 6.07) is 7.72. The Morgan fingerprint density at radius 2 is 1.79 bits per heavy atom. The zero-order chi connectivity index (χ0) is 21.0. The van der Waals surface area contributed by atoms with Crippen LogP contribution in [0.3, 0.4) is 0 Å². The molecular weight excluding hydrogens is 388 g/mol. The molecule has 29 heavy (non-hydrogen) atoms. The van der Waals surface area contributed by atoms with E-state index in [4.69, 9.17) is 17.0 Å². The Labute approximate surface area is 176 Å². The molecule has 0 radical (unpaired) electrons. The van der Waals surface area contributed by atoms with Crippen LogP contribution in [-0.2, 0) is 11.5 Å². The molecule has 1 aliphatic heterocycles. The standard InChI is InChI=1S/C20H30N6O2S/c1-20(2,3)22-17(27)13-24-9-11-25(12-10-24)14-26-19(29)21-18(23-26)15-5-7-16(28-4)8-6-15/h5-8H,9-14H2,1-4H3,(H,22,27)(H,21,23,29). The maximum Gasteiger partial charge on any atom is 0.234 e. The van der Waals surface area contributed by atoms with Gasteiger partial charge in [-0.1, -0.05) is 0 Å². The summed E-state index contributed by atoms with van der Waals surface area (Å²) in [5.74, 6) is 1.63. The molecule has 2 aromatic rings. The fourth-order valence-electron chi connectivity index (χ4n) is 3.28. The van der Waals surface area contributed by atoms with Crippen LogP contribution < -0.4 is 10.1 Å². The minimum atomic E-state index is -0.197. The van der Waals surface area contributed by atoms with Gasteiger partial charge in [-0.3, -0.25) is 19.7 Å². The first-order valence-electron chi connectivity index (χ1n) is 9.80. The molecule has 0 atom stereocenters. The van der Waals surface area contributed by atoms with E-state index in [0.717, 1.165) is 43.3 Å². The normalized spacial score (nSPS) is 16.0. The summed E-state index contributed by atoms with van der Waals surface area (Å²) in [5.41, 5.74) is 0.766. The van der Waals surface area contributed by atoms with Gasteiger partial charge in [0.05, 0.1) is 20.3 Å². The lowest BCUT2D eigenvalue weighted by atomic mass is 10.1. The Balaban J connectivity index is 1.53. The SMILES string of the molecule is COc1ccc(-c2nc(=S)n(CN3CCN(CC(=O)NC(C)(C)C)CC3)[nH]2)cc1. The second-order valence-corrected chi connectivity index (χ2v) is 8.71. The van der Waals surface area contributed by atoms with E-state index in [1.807, 2.05) is 49.7 Å². The molecule has 2 N–H and O–H groups in total. The maximum atomic E-state index is 12.1. The lowest BCUT2D eigenvalue weighted by molar-refractivity contribution is -0.124. The van der Waals surface area contributed by atoms with Crippen LogP contribution in [0.15, 0.2) is 24.3 Å². The van der Waals surface area contributed by atoms with Crippen LogP contribution >= 0.6 is 12.2 Å². The van der Waals surface area contributed by atoms with Crippen molar-refractivity contribution in [2.75, 3.05) is 39.8 Å². The van der Waals surface area contributed by atoms with Crippen molar-refractivity contribution in [3.63, 3.8) is 0 Å². The number of hydrogen-bond donors (Lipinski definition) is 2. The van der Waals surface area contributed by atoms with Crippen LogP contribution in [-0.4, -0.2) is 75.8 Å². The monoisotopic (exact) mass is 418 g/mol. The molecule has 9 heteroatoms. The molecular formula is C20H30N6O2S. The fraction of sp³-hybridized carbons (Fsp3) is 0.550. The van der Waals surface area contributed by atoms with Gasteiger partial charge in [0.15, 0.2) is 5.82 Å². The van der Waals surface area contributed by atoms with Gasteiger partial charge in [-0.2, -0.15) is 4.98 Å². The lowest BCUT2D eigenvalue weighted by Gasteiger charge is -2.34. The van der Waals surface area contributed by atoms with Gasteiger partial charge in [0.2, 0.25) is 10.7 Å². The van der Waals surface area contributed by atoms with E-state index in [9.17, 15) is 4.79 Å². The number of rotatable bonds is 6. The van der Waals surface area contributed by atoms with Crippen LogP contribution in [0, 0.1) is 4.77 Å². The molecule has 1 fully saturated rings. The van der Waals surface area contributed by atoms with E-state index in [1.165, 1.54) is 0 Å². The lowest BCUT2D eigenvalue weighted by Crippen LogP contribution is -2.51. The van der Waals surface area contributed by atoms with Crippen molar-refractivity contribution in [3.8, 4) is 17.1 Å². The Morgan fingerprint density at radius 1 is 1.17 bits per heavy atom. The maximum absolute atomic E-state index is 12.1. The molecule has 0 bridgehead atoms. The van der Waals surface area contributed by atoms with Gasteiger partial charge in [0.25, 0.3) is 0 Å². The number of piperazine rings is 1. The highest BCUT2D eigenvalue weighted by molar-refractivity contribution is 7.71. The first kappa shape index (κ1) is 21.5. The number of carbonyl (C=O) groups is 1. The number of methoxy groups -OCH3 is 1. The molecule has 1 saturated heterocycles. The number of hydrogen-bond acceptors (Lipinski definition) is 6. The third kappa shape index (κ3) is 6.12. The van der Waals surface area contributed by atoms with Crippen molar-refractivity contribution >= 4 is 18.1 Å². The quantitative estimate of drug-likeness (QED) is 0.700. The van der Waals surface area contributed by atoms with E-state index < -0.39 is 0 Å². The highest BCUT2D eigenvalue weighted by Crippen LogP contribution is 2.19. The summed E-state index contributed by atoms with van der Waals surface area (Å²) in [4.78, 5) is 21.1. The smallest absolute Gasteiger partial charge is 0.234 e. The van der Waals surface area contributed by atoms with E-state index >= 15 is 0 Å². The molecule has 0 aliphatic carbocycles. The second-order valence-electron chi connectivity index (χ2n) is 8.35. The zero-order valence-corrected chi connectivity index (χ0v) is 18.4. The highest BCUT2D eigenvalue weighted by atomic mass is 32.1. The molecule has 1 aliphatic rings. The van der Waals surface area contributed by atoms with Gasteiger partial charge in [0, 0.05) is 37.3 Å². The first-order valence-corrected chi connectivity index (χ1v) is 10.2. The number of aromatic amines is 1. The zero-order valence-electron chi connectivity index (χ0n) is 17.6. The van der Waals surface area contributed by atoms with Crippen molar-refractivity contribution in [2.24, 2.45) is 0 Å². The Bertz CT molecular complexity index is 876. The number of ether oxygens (including phenoxy) is 1.